The number of aromatic amines is 1. The Morgan fingerprint density at radius 2 is 2.08 bits per heavy atom. The number of aryl methyl sites for hydroxylation is 1. The molecule has 0 amide bonds. The molecule has 25 heavy (non-hydrogen) atoms. The molecule has 128 valence electrons. The van der Waals surface area contributed by atoms with E-state index in [-0.39, 0.29) is 0 Å². The van der Waals surface area contributed by atoms with Gasteiger partial charge in [-0.1, -0.05) is 6.07 Å². The summed E-state index contributed by atoms with van der Waals surface area (Å²) < 4.78 is 1.89. The monoisotopic (exact) mass is 336 g/mol. The van der Waals surface area contributed by atoms with Gasteiger partial charge < -0.3 is 10.8 Å². The molecule has 7 heteroatoms. The minimum absolute atomic E-state index is 0.457. The highest BCUT2D eigenvalue weighted by Crippen LogP contribution is 2.31. The Bertz CT molecular complexity index is 1040. The predicted molar refractivity (Wildman–Crippen MR) is 97.9 cm³/mol. The van der Waals surface area contributed by atoms with E-state index in [2.05, 4.69) is 20.3 Å². The number of benzene rings is 1. The number of nitrogens with one attached hydrogen (secondary N) is 1. The van der Waals surface area contributed by atoms with Gasteiger partial charge in [-0.15, -0.1) is 0 Å². The van der Waals surface area contributed by atoms with E-state index in [4.69, 9.17) is 5.73 Å². The van der Waals surface area contributed by atoms with E-state index >= 15 is 0 Å². The molecular weight excluding hydrogens is 316 g/mol. The number of aliphatic hydroxyl groups is 1. The SMILES string of the molecule is CC(C)(O)CCn1ncc2c(N)nc3cc(-c4ccn[nH]4)ccc3c21. The third-order valence-electron chi connectivity index (χ3n) is 4.36. The zero-order valence-electron chi connectivity index (χ0n) is 14.2. The third kappa shape index (κ3) is 2.83. The van der Waals surface area contributed by atoms with Crippen molar-refractivity contribution in [1.82, 2.24) is 25.0 Å². The predicted octanol–water partition coefficient (Wildman–Crippen LogP) is 2.72. The lowest BCUT2D eigenvalue weighted by Crippen LogP contribution is -2.21. The molecule has 7 nitrogen and oxygen atoms in total. The second kappa shape index (κ2) is 5.56. The molecule has 3 heterocycles. The molecule has 0 aliphatic heterocycles. The highest BCUT2D eigenvalue weighted by molar-refractivity contribution is 6.08. The molecule has 0 aliphatic rings. The van der Waals surface area contributed by atoms with E-state index in [9.17, 15) is 5.11 Å². The van der Waals surface area contributed by atoms with E-state index in [1.165, 1.54) is 0 Å². The second-order valence-electron chi connectivity index (χ2n) is 6.89. The van der Waals surface area contributed by atoms with Crippen LogP contribution < -0.4 is 5.73 Å². The molecule has 0 saturated heterocycles. The summed E-state index contributed by atoms with van der Waals surface area (Å²) in [7, 11) is 0. The Morgan fingerprint density at radius 3 is 2.80 bits per heavy atom. The topological polar surface area (TPSA) is 106 Å². The van der Waals surface area contributed by atoms with Crippen LogP contribution in [0.4, 0.5) is 5.82 Å². The summed E-state index contributed by atoms with van der Waals surface area (Å²) in [4.78, 5) is 4.54. The first-order valence-corrected chi connectivity index (χ1v) is 8.19. The number of pyridine rings is 1. The number of fused-ring (bicyclic) bond motifs is 3. The van der Waals surface area contributed by atoms with Crippen molar-refractivity contribution < 1.29 is 5.11 Å². The quantitative estimate of drug-likeness (QED) is 0.531. The molecule has 4 rings (SSSR count). The Balaban J connectivity index is 1.88. The first-order chi connectivity index (χ1) is 11.9. The molecule has 0 spiro atoms. The van der Waals surface area contributed by atoms with Crippen LogP contribution in [-0.2, 0) is 6.54 Å². The lowest BCUT2D eigenvalue weighted by Gasteiger charge is -2.17. The normalized spacial score (nSPS) is 12.3. The van der Waals surface area contributed by atoms with Crippen molar-refractivity contribution in [3.63, 3.8) is 0 Å². The number of aromatic nitrogens is 5. The number of H-pyrrole nitrogens is 1. The number of hydrogen-bond acceptors (Lipinski definition) is 5. The van der Waals surface area contributed by atoms with Crippen molar-refractivity contribution in [1.29, 1.82) is 0 Å². The van der Waals surface area contributed by atoms with Crippen LogP contribution in [0.5, 0.6) is 0 Å². The minimum atomic E-state index is -0.750. The van der Waals surface area contributed by atoms with Crippen molar-refractivity contribution in [2.75, 3.05) is 5.73 Å². The van der Waals surface area contributed by atoms with E-state index in [0.29, 0.717) is 18.8 Å². The van der Waals surface area contributed by atoms with Crippen LogP contribution in [0.15, 0.2) is 36.7 Å². The van der Waals surface area contributed by atoms with Crippen molar-refractivity contribution in [3.8, 4) is 11.3 Å². The fraction of sp³-hybridized carbons (Fsp3) is 0.278. The van der Waals surface area contributed by atoms with E-state index in [1.54, 1.807) is 26.2 Å². The summed E-state index contributed by atoms with van der Waals surface area (Å²) in [5.41, 5.74) is 9.08. The van der Waals surface area contributed by atoms with Gasteiger partial charge in [0.1, 0.15) is 5.82 Å². The molecular formula is C18H20N6O. The van der Waals surface area contributed by atoms with Gasteiger partial charge in [0.15, 0.2) is 0 Å². The number of nitrogens with zero attached hydrogens (tertiary/aromatic N) is 4. The number of nitrogens with two attached hydrogens (primary N) is 1. The highest BCUT2D eigenvalue weighted by Gasteiger charge is 2.16. The summed E-state index contributed by atoms with van der Waals surface area (Å²) in [6, 6.07) is 7.96. The fourth-order valence-electron chi connectivity index (χ4n) is 3.00. The standard InChI is InChI=1S/C18H20N6O/c1-18(2,25)6-8-24-16-12-4-3-11(14-5-7-20-23-14)9-15(12)22-17(19)13(16)10-21-24/h3-5,7,9-10,25H,6,8H2,1-2H3,(H2,19,22)(H,20,23). The Kier molecular flexibility index (Phi) is 3.47. The number of anilines is 1. The lowest BCUT2D eigenvalue weighted by molar-refractivity contribution is 0.0655. The van der Waals surface area contributed by atoms with Crippen molar-refractivity contribution >= 4 is 27.6 Å². The van der Waals surface area contributed by atoms with Gasteiger partial charge in [-0.3, -0.25) is 9.78 Å². The number of rotatable bonds is 4. The van der Waals surface area contributed by atoms with Gasteiger partial charge in [-0.25, -0.2) is 4.98 Å². The molecule has 0 atom stereocenters. The molecule has 4 aromatic rings. The second-order valence-corrected chi connectivity index (χ2v) is 6.89. The van der Waals surface area contributed by atoms with Gasteiger partial charge in [0.25, 0.3) is 0 Å². The Morgan fingerprint density at radius 1 is 1.24 bits per heavy atom. The maximum Gasteiger partial charge on any atom is 0.135 e. The molecule has 0 unspecified atom stereocenters. The van der Waals surface area contributed by atoms with Crippen molar-refractivity contribution in [3.05, 3.63) is 36.7 Å². The van der Waals surface area contributed by atoms with Crippen molar-refractivity contribution in [2.45, 2.75) is 32.4 Å². The van der Waals surface area contributed by atoms with Gasteiger partial charge in [0, 0.05) is 23.7 Å². The van der Waals surface area contributed by atoms with E-state index in [1.807, 2.05) is 28.9 Å². The molecule has 0 fully saturated rings. The summed E-state index contributed by atoms with van der Waals surface area (Å²) in [6.07, 6.45) is 4.06. The smallest absolute Gasteiger partial charge is 0.135 e. The van der Waals surface area contributed by atoms with Gasteiger partial charge >= 0.3 is 0 Å². The van der Waals surface area contributed by atoms with Gasteiger partial charge in [-0.2, -0.15) is 10.2 Å². The lowest BCUT2D eigenvalue weighted by atomic mass is 10.1. The summed E-state index contributed by atoms with van der Waals surface area (Å²) in [5, 5.41) is 23.2. The van der Waals surface area contributed by atoms with Crippen LogP contribution in [0.2, 0.25) is 0 Å². The first kappa shape index (κ1) is 15.6. The summed E-state index contributed by atoms with van der Waals surface area (Å²) in [6.45, 7) is 4.20. The summed E-state index contributed by atoms with van der Waals surface area (Å²) in [5.74, 6) is 0.457. The largest absolute Gasteiger partial charge is 0.390 e. The highest BCUT2D eigenvalue weighted by atomic mass is 16.3. The molecule has 0 aliphatic carbocycles. The van der Waals surface area contributed by atoms with Crippen LogP contribution in [0.25, 0.3) is 33.1 Å². The Hall–Kier alpha value is -2.93. The molecule has 0 radical (unpaired) electrons. The fourth-order valence-corrected chi connectivity index (χ4v) is 3.00. The molecule has 1 aromatic carbocycles. The first-order valence-electron chi connectivity index (χ1n) is 8.19. The van der Waals surface area contributed by atoms with Crippen LogP contribution >= 0.6 is 0 Å². The zero-order chi connectivity index (χ0) is 17.6. The average Bonchev–Trinajstić information content (AvgIpc) is 3.22. The van der Waals surface area contributed by atoms with E-state index in [0.717, 1.165) is 33.1 Å². The maximum atomic E-state index is 10.0. The van der Waals surface area contributed by atoms with Gasteiger partial charge in [-0.05, 0) is 38.5 Å². The molecule has 0 saturated carbocycles. The number of nitrogen functional groups attached to an aromatic ring is 1. The van der Waals surface area contributed by atoms with Gasteiger partial charge in [0.2, 0.25) is 0 Å². The minimum Gasteiger partial charge on any atom is -0.390 e. The van der Waals surface area contributed by atoms with Crippen LogP contribution in [0.1, 0.15) is 20.3 Å². The van der Waals surface area contributed by atoms with Crippen LogP contribution in [-0.4, -0.2) is 35.7 Å². The summed E-state index contributed by atoms with van der Waals surface area (Å²) >= 11 is 0. The average molecular weight is 336 g/mol. The number of hydrogen-bond donors (Lipinski definition) is 3. The molecule has 3 aromatic heterocycles. The Labute approximate surface area is 144 Å². The van der Waals surface area contributed by atoms with Crippen LogP contribution in [0.3, 0.4) is 0 Å². The van der Waals surface area contributed by atoms with E-state index < -0.39 is 5.60 Å². The van der Waals surface area contributed by atoms with Gasteiger partial charge in [0.05, 0.1) is 33.9 Å². The maximum absolute atomic E-state index is 10.0. The van der Waals surface area contributed by atoms with Crippen LogP contribution in [0, 0.1) is 0 Å². The zero-order valence-corrected chi connectivity index (χ0v) is 14.2. The molecule has 0 bridgehead atoms. The van der Waals surface area contributed by atoms with Crippen molar-refractivity contribution in [2.24, 2.45) is 0 Å². The molecule has 4 N–H and O–H groups in total. The third-order valence-corrected chi connectivity index (χ3v) is 4.36.